The van der Waals surface area contributed by atoms with Gasteiger partial charge in [0.05, 0.1) is 41.5 Å². The Morgan fingerprint density at radius 3 is 2.03 bits per heavy atom. The van der Waals surface area contributed by atoms with Crippen molar-refractivity contribution in [3.63, 3.8) is 0 Å². The third kappa shape index (κ3) is 6.48. The number of aromatic nitrogens is 2. The summed E-state index contributed by atoms with van der Waals surface area (Å²) in [4.78, 5) is 15.2. The first-order valence-electron chi connectivity index (χ1n) is 11.9. The third-order valence-corrected chi connectivity index (χ3v) is 6.40. The molecule has 0 bridgehead atoms. The van der Waals surface area contributed by atoms with Crippen molar-refractivity contribution < 1.29 is 23.7 Å². The summed E-state index contributed by atoms with van der Waals surface area (Å²) < 4.78 is 25.1. The molecule has 0 fully saturated rings. The molecule has 0 aliphatic heterocycles. The van der Waals surface area contributed by atoms with Crippen LogP contribution in [-0.2, 0) is 5.54 Å². The molecule has 194 valence electrons. The molecule has 0 aliphatic rings. The Bertz CT molecular complexity index is 1180. The summed E-state index contributed by atoms with van der Waals surface area (Å²) >= 11 is 7.52. The Balaban J connectivity index is 2.05. The van der Waals surface area contributed by atoms with Crippen LogP contribution in [0.5, 0.6) is 23.1 Å². The minimum absolute atomic E-state index is 0.284. The smallest absolute Gasteiger partial charge is 0.345 e. The standard InChI is InChI=1S/C27H33ClN2O5S/c1-8-32-21-15-18(16-22(33-9-2)23(21)34-10-3)26(31)35-25-24(17(4)29-30(25)27(5,6)7)36-20-13-11-19(28)12-14-20/h11-16H,8-10H2,1-7H3. The van der Waals surface area contributed by atoms with E-state index in [1.54, 1.807) is 16.8 Å². The summed E-state index contributed by atoms with van der Waals surface area (Å²) in [6.07, 6.45) is 0. The van der Waals surface area contributed by atoms with Gasteiger partial charge in [0.15, 0.2) is 11.5 Å². The van der Waals surface area contributed by atoms with Gasteiger partial charge in [-0.15, -0.1) is 0 Å². The van der Waals surface area contributed by atoms with E-state index in [-0.39, 0.29) is 5.56 Å². The first-order valence-corrected chi connectivity index (χ1v) is 13.1. The molecule has 1 aromatic heterocycles. The predicted molar refractivity (Wildman–Crippen MR) is 142 cm³/mol. The van der Waals surface area contributed by atoms with E-state index < -0.39 is 11.5 Å². The second-order valence-corrected chi connectivity index (χ2v) is 10.4. The number of hydrogen-bond acceptors (Lipinski definition) is 7. The maximum absolute atomic E-state index is 13.5. The number of nitrogens with zero attached hydrogens (tertiary/aromatic N) is 2. The molecule has 2 aromatic carbocycles. The number of carbonyl (C=O) groups is 1. The van der Waals surface area contributed by atoms with Crippen LogP contribution in [0.2, 0.25) is 5.02 Å². The lowest BCUT2D eigenvalue weighted by Gasteiger charge is -2.22. The number of halogens is 1. The lowest BCUT2D eigenvalue weighted by molar-refractivity contribution is 0.0702. The van der Waals surface area contributed by atoms with Gasteiger partial charge in [-0.3, -0.25) is 0 Å². The van der Waals surface area contributed by atoms with Crippen LogP contribution in [0.15, 0.2) is 46.2 Å². The van der Waals surface area contributed by atoms with E-state index in [0.29, 0.717) is 48.0 Å². The second kappa shape index (κ2) is 11.9. The average molecular weight is 533 g/mol. The highest BCUT2D eigenvalue weighted by Gasteiger charge is 2.28. The van der Waals surface area contributed by atoms with Crippen LogP contribution in [0.25, 0.3) is 0 Å². The zero-order chi connectivity index (χ0) is 26.5. The molecule has 0 unspecified atom stereocenters. The van der Waals surface area contributed by atoms with Crippen molar-refractivity contribution >= 4 is 29.3 Å². The zero-order valence-electron chi connectivity index (χ0n) is 21.8. The summed E-state index contributed by atoms with van der Waals surface area (Å²) in [5.41, 5.74) is 0.613. The molecule has 3 rings (SSSR count). The van der Waals surface area contributed by atoms with Gasteiger partial charge in [0.25, 0.3) is 0 Å². The summed E-state index contributed by atoms with van der Waals surface area (Å²) in [5, 5.41) is 5.35. The fraction of sp³-hybridized carbons (Fsp3) is 0.407. The van der Waals surface area contributed by atoms with Gasteiger partial charge in [0.1, 0.15) is 0 Å². The van der Waals surface area contributed by atoms with Crippen LogP contribution in [0.1, 0.15) is 57.6 Å². The summed E-state index contributed by atoms with van der Waals surface area (Å²) in [6, 6.07) is 10.7. The molecule has 0 amide bonds. The Labute approximate surface area is 222 Å². The van der Waals surface area contributed by atoms with Crippen LogP contribution >= 0.6 is 23.4 Å². The third-order valence-electron chi connectivity index (χ3n) is 4.97. The molecular formula is C27H33ClN2O5S. The van der Waals surface area contributed by atoms with E-state index in [1.807, 2.05) is 72.7 Å². The summed E-state index contributed by atoms with van der Waals surface area (Å²) in [5.74, 6) is 1.13. The molecular weight excluding hydrogens is 500 g/mol. The first-order chi connectivity index (χ1) is 17.1. The monoisotopic (exact) mass is 532 g/mol. The van der Waals surface area contributed by atoms with E-state index >= 15 is 0 Å². The fourth-order valence-corrected chi connectivity index (χ4v) is 4.47. The summed E-state index contributed by atoms with van der Waals surface area (Å²) in [6.45, 7) is 14.8. The Kier molecular flexibility index (Phi) is 9.19. The predicted octanol–water partition coefficient (Wildman–Crippen LogP) is 7.17. The van der Waals surface area contributed by atoms with Crippen molar-refractivity contribution in [2.45, 2.75) is 63.8 Å². The molecule has 7 nitrogen and oxygen atoms in total. The average Bonchev–Trinajstić information content (AvgIpc) is 3.13. The molecule has 0 aliphatic carbocycles. The molecule has 36 heavy (non-hydrogen) atoms. The van der Waals surface area contributed by atoms with E-state index in [1.165, 1.54) is 11.8 Å². The van der Waals surface area contributed by atoms with Crippen LogP contribution in [0.4, 0.5) is 0 Å². The highest BCUT2D eigenvalue weighted by molar-refractivity contribution is 7.99. The maximum Gasteiger partial charge on any atom is 0.345 e. The van der Waals surface area contributed by atoms with Crippen molar-refractivity contribution in [1.29, 1.82) is 0 Å². The molecule has 0 saturated heterocycles. The second-order valence-electron chi connectivity index (χ2n) is 8.85. The maximum atomic E-state index is 13.5. The molecule has 0 N–H and O–H groups in total. The molecule has 3 aromatic rings. The quantitative estimate of drug-likeness (QED) is 0.256. The molecule has 0 atom stereocenters. The summed E-state index contributed by atoms with van der Waals surface area (Å²) in [7, 11) is 0. The van der Waals surface area contributed by atoms with Gasteiger partial charge in [0.2, 0.25) is 11.6 Å². The van der Waals surface area contributed by atoms with Gasteiger partial charge in [-0.2, -0.15) is 5.10 Å². The highest BCUT2D eigenvalue weighted by Crippen LogP contribution is 2.42. The van der Waals surface area contributed by atoms with E-state index in [9.17, 15) is 4.79 Å². The number of aryl methyl sites for hydroxylation is 1. The van der Waals surface area contributed by atoms with Crippen molar-refractivity contribution in [3.8, 4) is 23.1 Å². The van der Waals surface area contributed by atoms with E-state index in [0.717, 1.165) is 15.5 Å². The van der Waals surface area contributed by atoms with Crippen molar-refractivity contribution in [2.24, 2.45) is 0 Å². The molecule has 0 spiro atoms. The van der Waals surface area contributed by atoms with Gasteiger partial charge >= 0.3 is 5.97 Å². The van der Waals surface area contributed by atoms with Crippen molar-refractivity contribution in [2.75, 3.05) is 19.8 Å². The van der Waals surface area contributed by atoms with Gasteiger partial charge in [-0.05, 0) is 84.9 Å². The lowest BCUT2D eigenvalue weighted by Crippen LogP contribution is -2.25. The van der Waals surface area contributed by atoms with Crippen molar-refractivity contribution in [3.05, 3.63) is 52.7 Å². The van der Waals surface area contributed by atoms with Gasteiger partial charge in [-0.1, -0.05) is 23.4 Å². The number of esters is 1. The van der Waals surface area contributed by atoms with Crippen LogP contribution in [0, 0.1) is 6.92 Å². The Morgan fingerprint density at radius 1 is 0.972 bits per heavy atom. The van der Waals surface area contributed by atoms with Gasteiger partial charge in [0, 0.05) is 9.92 Å². The number of rotatable bonds is 10. The van der Waals surface area contributed by atoms with Crippen LogP contribution in [0.3, 0.4) is 0 Å². The van der Waals surface area contributed by atoms with Gasteiger partial charge in [-0.25, -0.2) is 9.48 Å². The Hall–Kier alpha value is -2.84. The molecule has 9 heteroatoms. The zero-order valence-corrected chi connectivity index (χ0v) is 23.4. The topological polar surface area (TPSA) is 71.8 Å². The fourth-order valence-electron chi connectivity index (χ4n) is 3.43. The van der Waals surface area contributed by atoms with E-state index in [4.69, 9.17) is 35.6 Å². The number of benzene rings is 2. The largest absolute Gasteiger partial charge is 0.490 e. The lowest BCUT2D eigenvalue weighted by atomic mass is 10.1. The minimum Gasteiger partial charge on any atom is -0.490 e. The van der Waals surface area contributed by atoms with E-state index in [2.05, 4.69) is 0 Å². The van der Waals surface area contributed by atoms with Gasteiger partial charge < -0.3 is 18.9 Å². The molecule has 1 heterocycles. The van der Waals surface area contributed by atoms with Crippen molar-refractivity contribution in [1.82, 2.24) is 9.78 Å². The molecule has 0 radical (unpaired) electrons. The first kappa shape index (κ1) is 27.7. The number of carbonyl (C=O) groups excluding carboxylic acids is 1. The minimum atomic E-state index is -0.552. The SMILES string of the molecule is CCOc1cc(C(=O)Oc2c(Sc3ccc(Cl)cc3)c(C)nn2C(C)(C)C)cc(OCC)c1OCC. The number of hydrogen-bond donors (Lipinski definition) is 0. The van der Waals surface area contributed by atoms with Crippen LogP contribution in [-0.4, -0.2) is 35.6 Å². The number of ether oxygens (including phenoxy) is 4. The normalized spacial score (nSPS) is 11.3. The molecule has 0 saturated carbocycles. The van der Waals surface area contributed by atoms with Crippen LogP contribution < -0.4 is 18.9 Å². The highest BCUT2D eigenvalue weighted by atomic mass is 35.5. The Morgan fingerprint density at radius 2 is 1.53 bits per heavy atom.